The number of benzene rings is 1. The molecule has 0 spiro atoms. The summed E-state index contributed by atoms with van der Waals surface area (Å²) >= 11 is 0. The molecule has 7 nitrogen and oxygen atoms in total. The van der Waals surface area contributed by atoms with Crippen LogP contribution in [0.5, 0.6) is 0 Å². The summed E-state index contributed by atoms with van der Waals surface area (Å²) in [5.41, 5.74) is 1.39. The molecule has 1 aliphatic heterocycles. The predicted molar refractivity (Wildman–Crippen MR) is 107 cm³/mol. The Morgan fingerprint density at radius 1 is 1.21 bits per heavy atom. The molecule has 2 N–H and O–H groups in total. The first-order valence-corrected chi connectivity index (χ1v) is 9.49. The second-order valence-electron chi connectivity index (χ2n) is 6.69. The molecular formula is C21H25N5O2. The van der Waals surface area contributed by atoms with Crippen molar-refractivity contribution in [2.24, 2.45) is 0 Å². The van der Waals surface area contributed by atoms with Crippen LogP contribution in [0.1, 0.15) is 29.4 Å². The highest BCUT2D eigenvalue weighted by molar-refractivity contribution is 5.92. The van der Waals surface area contributed by atoms with Crippen molar-refractivity contribution >= 4 is 17.9 Å². The van der Waals surface area contributed by atoms with Crippen molar-refractivity contribution in [1.29, 1.82) is 0 Å². The van der Waals surface area contributed by atoms with Gasteiger partial charge in [-0.1, -0.05) is 42.5 Å². The molecule has 0 aliphatic carbocycles. The Balaban J connectivity index is 1.64. The SMILES string of the molecule is CCNC(=O)[C@@H]1C[C@@H](NC(=O)c2cccnn2)CN1CC=Cc1ccccc1. The maximum absolute atomic E-state index is 12.5. The summed E-state index contributed by atoms with van der Waals surface area (Å²) in [5, 5.41) is 13.4. The van der Waals surface area contributed by atoms with E-state index < -0.39 is 0 Å². The minimum absolute atomic E-state index is 0.00753. The molecule has 0 unspecified atom stereocenters. The number of hydrogen-bond acceptors (Lipinski definition) is 5. The zero-order valence-electron chi connectivity index (χ0n) is 15.9. The molecule has 2 aromatic rings. The topological polar surface area (TPSA) is 87.2 Å². The molecule has 1 aromatic heterocycles. The Kier molecular flexibility index (Phi) is 6.86. The number of carbonyl (C=O) groups excluding carboxylic acids is 2. The molecule has 1 aliphatic rings. The molecule has 2 heterocycles. The van der Waals surface area contributed by atoms with Crippen LogP contribution in [0.4, 0.5) is 0 Å². The number of amides is 2. The molecule has 2 atom stereocenters. The number of rotatable bonds is 7. The predicted octanol–water partition coefficient (Wildman–Crippen LogP) is 1.50. The van der Waals surface area contributed by atoms with E-state index in [-0.39, 0.29) is 29.6 Å². The lowest BCUT2D eigenvalue weighted by molar-refractivity contribution is -0.125. The van der Waals surface area contributed by atoms with Crippen LogP contribution >= 0.6 is 0 Å². The minimum Gasteiger partial charge on any atom is -0.355 e. The van der Waals surface area contributed by atoms with Crippen LogP contribution in [0.15, 0.2) is 54.7 Å². The van der Waals surface area contributed by atoms with Gasteiger partial charge in [0, 0.05) is 31.9 Å². The molecule has 28 heavy (non-hydrogen) atoms. The highest BCUT2D eigenvalue weighted by Crippen LogP contribution is 2.19. The highest BCUT2D eigenvalue weighted by Gasteiger charge is 2.36. The maximum atomic E-state index is 12.5. The summed E-state index contributed by atoms with van der Waals surface area (Å²) in [6.07, 6.45) is 6.18. The third kappa shape index (κ3) is 5.23. The Hall–Kier alpha value is -3.06. The first-order chi connectivity index (χ1) is 13.7. The lowest BCUT2D eigenvalue weighted by Gasteiger charge is -2.21. The van der Waals surface area contributed by atoms with Gasteiger partial charge in [-0.2, -0.15) is 5.10 Å². The van der Waals surface area contributed by atoms with Gasteiger partial charge in [-0.05, 0) is 31.0 Å². The van der Waals surface area contributed by atoms with E-state index in [1.165, 1.54) is 6.20 Å². The van der Waals surface area contributed by atoms with E-state index in [0.717, 1.165) is 5.56 Å². The average molecular weight is 379 g/mol. The molecule has 0 bridgehead atoms. The fourth-order valence-corrected chi connectivity index (χ4v) is 3.34. The smallest absolute Gasteiger partial charge is 0.272 e. The molecule has 2 amide bonds. The van der Waals surface area contributed by atoms with Gasteiger partial charge in [0.1, 0.15) is 0 Å². The third-order valence-electron chi connectivity index (χ3n) is 4.65. The van der Waals surface area contributed by atoms with Gasteiger partial charge in [0.2, 0.25) is 5.91 Å². The lowest BCUT2D eigenvalue weighted by atomic mass is 10.1. The van der Waals surface area contributed by atoms with E-state index in [9.17, 15) is 9.59 Å². The first-order valence-electron chi connectivity index (χ1n) is 9.49. The standard InChI is InChI=1S/C21H25N5O2/c1-2-22-21(28)19-14-17(24-20(27)18-11-6-12-23-25-18)15-26(19)13-7-10-16-8-4-3-5-9-16/h3-12,17,19H,2,13-15H2,1H3,(H,22,28)(H,24,27)/t17-,19+/m1/s1. The van der Waals surface area contributed by atoms with Crippen LogP contribution in [0, 0.1) is 0 Å². The Morgan fingerprint density at radius 2 is 2.04 bits per heavy atom. The van der Waals surface area contributed by atoms with E-state index in [4.69, 9.17) is 0 Å². The van der Waals surface area contributed by atoms with E-state index in [0.29, 0.717) is 26.1 Å². The van der Waals surface area contributed by atoms with Crippen molar-refractivity contribution in [3.63, 3.8) is 0 Å². The van der Waals surface area contributed by atoms with Gasteiger partial charge in [0.05, 0.1) is 6.04 Å². The van der Waals surface area contributed by atoms with Crippen molar-refractivity contribution in [2.75, 3.05) is 19.6 Å². The van der Waals surface area contributed by atoms with E-state index in [1.807, 2.05) is 43.3 Å². The molecular weight excluding hydrogens is 354 g/mol. The Bertz CT molecular complexity index is 810. The first kappa shape index (κ1) is 19.7. The minimum atomic E-state index is -0.271. The van der Waals surface area contributed by atoms with Crippen LogP contribution in [0.3, 0.4) is 0 Å². The zero-order chi connectivity index (χ0) is 19.8. The summed E-state index contributed by atoms with van der Waals surface area (Å²) in [5.74, 6) is -0.277. The molecule has 1 aromatic carbocycles. The van der Waals surface area contributed by atoms with Crippen molar-refractivity contribution in [3.05, 3.63) is 66.0 Å². The fourth-order valence-electron chi connectivity index (χ4n) is 3.34. The number of nitrogens with one attached hydrogen (secondary N) is 2. The van der Waals surface area contributed by atoms with Crippen molar-refractivity contribution in [2.45, 2.75) is 25.4 Å². The molecule has 0 radical (unpaired) electrons. The van der Waals surface area contributed by atoms with Gasteiger partial charge in [-0.15, -0.1) is 5.10 Å². The second kappa shape index (κ2) is 9.75. The van der Waals surface area contributed by atoms with Crippen molar-refractivity contribution < 1.29 is 9.59 Å². The number of likely N-dealkylation sites (tertiary alicyclic amines) is 1. The number of hydrogen-bond donors (Lipinski definition) is 2. The van der Waals surface area contributed by atoms with Crippen LogP contribution in [0.25, 0.3) is 6.08 Å². The number of nitrogens with zero attached hydrogens (tertiary/aromatic N) is 3. The van der Waals surface area contributed by atoms with Gasteiger partial charge in [-0.25, -0.2) is 0 Å². The Labute approximate surface area is 164 Å². The molecule has 146 valence electrons. The lowest BCUT2D eigenvalue weighted by Crippen LogP contribution is -2.43. The molecule has 7 heteroatoms. The van der Waals surface area contributed by atoms with Gasteiger partial charge >= 0.3 is 0 Å². The number of likely N-dealkylation sites (N-methyl/N-ethyl adjacent to an activating group) is 1. The van der Waals surface area contributed by atoms with Gasteiger partial charge < -0.3 is 10.6 Å². The monoisotopic (exact) mass is 379 g/mol. The summed E-state index contributed by atoms with van der Waals surface area (Å²) in [7, 11) is 0. The fraction of sp³-hybridized carbons (Fsp3) is 0.333. The van der Waals surface area contributed by atoms with E-state index in [1.54, 1.807) is 12.1 Å². The third-order valence-corrected chi connectivity index (χ3v) is 4.65. The molecule has 1 fully saturated rings. The zero-order valence-corrected chi connectivity index (χ0v) is 15.9. The van der Waals surface area contributed by atoms with Crippen molar-refractivity contribution in [1.82, 2.24) is 25.7 Å². The average Bonchev–Trinajstić information content (AvgIpc) is 3.12. The van der Waals surface area contributed by atoms with E-state index in [2.05, 4.69) is 31.8 Å². The second-order valence-corrected chi connectivity index (χ2v) is 6.69. The van der Waals surface area contributed by atoms with Crippen molar-refractivity contribution in [3.8, 4) is 0 Å². The quantitative estimate of drug-likeness (QED) is 0.761. The molecule has 1 saturated heterocycles. The van der Waals surface area contributed by atoms with Gasteiger partial charge in [0.15, 0.2) is 5.69 Å². The molecule has 0 saturated carbocycles. The van der Waals surface area contributed by atoms with Crippen LogP contribution in [-0.4, -0.2) is 58.6 Å². The van der Waals surface area contributed by atoms with Gasteiger partial charge in [0.25, 0.3) is 5.91 Å². The van der Waals surface area contributed by atoms with Crippen LogP contribution < -0.4 is 10.6 Å². The summed E-state index contributed by atoms with van der Waals surface area (Å²) < 4.78 is 0. The maximum Gasteiger partial charge on any atom is 0.272 e. The van der Waals surface area contributed by atoms with Crippen LogP contribution in [0.2, 0.25) is 0 Å². The normalized spacial score (nSPS) is 19.6. The number of aromatic nitrogens is 2. The summed E-state index contributed by atoms with van der Waals surface area (Å²) in [6.45, 7) is 3.72. The van der Waals surface area contributed by atoms with Gasteiger partial charge in [-0.3, -0.25) is 14.5 Å². The molecule has 3 rings (SSSR count). The van der Waals surface area contributed by atoms with E-state index >= 15 is 0 Å². The summed E-state index contributed by atoms with van der Waals surface area (Å²) in [4.78, 5) is 26.9. The Morgan fingerprint density at radius 3 is 2.75 bits per heavy atom. The van der Waals surface area contributed by atoms with Crippen LogP contribution in [-0.2, 0) is 4.79 Å². The largest absolute Gasteiger partial charge is 0.355 e. The number of carbonyl (C=O) groups is 2. The summed E-state index contributed by atoms with van der Waals surface area (Å²) in [6, 6.07) is 12.9. The highest BCUT2D eigenvalue weighted by atomic mass is 16.2.